The van der Waals surface area contributed by atoms with Gasteiger partial charge in [-0.3, -0.25) is 4.79 Å². The molecule has 21 heavy (non-hydrogen) atoms. The number of hydrogen-bond donors (Lipinski definition) is 3. The van der Waals surface area contributed by atoms with E-state index in [1.165, 1.54) is 11.3 Å². The van der Waals surface area contributed by atoms with Crippen molar-refractivity contribution in [2.45, 2.75) is 4.34 Å². The first-order valence-corrected chi connectivity index (χ1v) is 8.13. The number of aromatic nitrogens is 2. The van der Waals surface area contributed by atoms with E-state index in [4.69, 9.17) is 28.9 Å². The van der Waals surface area contributed by atoms with Crippen LogP contribution in [-0.2, 0) is 4.79 Å². The van der Waals surface area contributed by atoms with E-state index in [-0.39, 0.29) is 5.75 Å². The average molecular weight is 361 g/mol. The van der Waals surface area contributed by atoms with Gasteiger partial charge in [-0.2, -0.15) is 0 Å². The van der Waals surface area contributed by atoms with Crippen molar-refractivity contribution in [2.24, 2.45) is 0 Å². The van der Waals surface area contributed by atoms with Crippen LogP contribution in [0.3, 0.4) is 0 Å². The summed E-state index contributed by atoms with van der Waals surface area (Å²) in [5.74, 6) is -0.956. The Hall–Kier alpha value is -1.42. The molecule has 0 radical (unpaired) electrons. The third kappa shape index (κ3) is 5.46. The molecule has 0 aliphatic heterocycles. The first-order valence-electron chi connectivity index (χ1n) is 5.54. The number of nitrogens with one attached hydrogen (secondary N) is 2. The third-order valence-electron chi connectivity index (χ3n) is 2.03. The van der Waals surface area contributed by atoms with Crippen molar-refractivity contribution in [1.29, 1.82) is 0 Å². The van der Waals surface area contributed by atoms with Gasteiger partial charge in [-0.15, -0.1) is 10.2 Å². The monoisotopic (exact) mass is 360 g/mol. The number of hydrogen-bond acceptors (Lipinski definition) is 6. The minimum absolute atomic E-state index is 0.0557. The van der Waals surface area contributed by atoms with E-state index in [0.29, 0.717) is 19.6 Å². The second-order valence-corrected chi connectivity index (χ2v) is 6.69. The van der Waals surface area contributed by atoms with E-state index in [2.05, 4.69) is 20.8 Å². The Labute approximate surface area is 138 Å². The van der Waals surface area contributed by atoms with Crippen LogP contribution in [0.5, 0.6) is 0 Å². The van der Waals surface area contributed by atoms with Crippen LogP contribution < -0.4 is 10.6 Å². The average Bonchev–Trinajstić information content (AvgIpc) is 2.83. The smallest absolute Gasteiger partial charge is 0.313 e. The molecule has 3 N–H and O–H groups in total. The van der Waals surface area contributed by atoms with Crippen molar-refractivity contribution < 1.29 is 9.90 Å². The molecule has 0 atom stereocenters. The highest BCUT2D eigenvalue weighted by Gasteiger charge is 2.08. The first-order chi connectivity index (χ1) is 10.0. The van der Waals surface area contributed by atoms with Crippen molar-refractivity contribution >= 4 is 68.8 Å². The molecule has 0 unspecified atom stereocenters. The molecule has 10 heteroatoms. The molecule has 0 saturated heterocycles. The second-order valence-electron chi connectivity index (χ2n) is 3.65. The summed E-state index contributed by atoms with van der Waals surface area (Å²) in [6, 6.07) is 7.14. The van der Waals surface area contributed by atoms with Crippen LogP contribution in [0.1, 0.15) is 0 Å². The van der Waals surface area contributed by atoms with Crippen molar-refractivity contribution in [2.75, 3.05) is 16.4 Å². The number of halogens is 1. The van der Waals surface area contributed by atoms with Crippen LogP contribution in [0.25, 0.3) is 0 Å². The zero-order chi connectivity index (χ0) is 15.2. The summed E-state index contributed by atoms with van der Waals surface area (Å²) < 4.78 is 0.561. The van der Waals surface area contributed by atoms with Gasteiger partial charge < -0.3 is 15.7 Å². The predicted molar refractivity (Wildman–Crippen MR) is 89.6 cm³/mol. The molecule has 6 nitrogen and oxygen atoms in total. The summed E-state index contributed by atoms with van der Waals surface area (Å²) in [4.78, 5) is 10.5. The van der Waals surface area contributed by atoms with E-state index in [9.17, 15) is 4.79 Å². The van der Waals surface area contributed by atoms with Gasteiger partial charge in [0.05, 0.1) is 5.75 Å². The topological polar surface area (TPSA) is 87.1 Å². The van der Waals surface area contributed by atoms with E-state index in [1.54, 1.807) is 18.2 Å². The fraction of sp³-hybridized carbons (Fsp3) is 0.0909. The fourth-order valence-electron chi connectivity index (χ4n) is 1.27. The molecule has 0 saturated carbocycles. The van der Waals surface area contributed by atoms with E-state index in [0.717, 1.165) is 17.4 Å². The van der Waals surface area contributed by atoms with E-state index < -0.39 is 5.97 Å². The Morgan fingerprint density at radius 3 is 2.95 bits per heavy atom. The van der Waals surface area contributed by atoms with Gasteiger partial charge in [0.1, 0.15) is 0 Å². The number of nitrogens with zero attached hydrogens (tertiary/aromatic N) is 2. The number of thiocarbonyl (C=S) groups is 1. The summed E-state index contributed by atoms with van der Waals surface area (Å²) in [5, 5.41) is 23.6. The largest absolute Gasteiger partial charge is 0.481 e. The van der Waals surface area contributed by atoms with Gasteiger partial charge in [-0.25, -0.2) is 0 Å². The predicted octanol–water partition coefficient (Wildman–Crippen LogP) is 3.18. The van der Waals surface area contributed by atoms with Gasteiger partial charge in [-0.05, 0) is 30.4 Å². The Morgan fingerprint density at radius 1 is 1.43 bits per heavy atom. The molecule has 1 aromatic heterocycles. The zero-order valence-corrected chi connectivity index (χ0v) is 13.6. The van der Waals surface area contributed by atoms with E-state index in [1.807, 2.05) is 6.07 Å². The number of rotatable bonds is 5. The lowest BCUT2D eigenvalue weighted by atomic mass is 10.3. The Morgan fingerprint density at radius 2 is 2.24 bits per heavy atom. The van der Waals surface area contributed by atoms with Crippen LogP contribution in [0.2, 0.25) is 5.02 Å². The lowest BCUT2D eigenvalue weighted by Gasteiger charge is -2.07. The van der Waals surface area contributed by atoms with Crippen LogP contribution in [0, 0.1) is 0 Å². The van der Waals surface area contributed by atoms with Crippen LogP contribution in [-0.4, -0.2) is 32.1 Å². The van der Waals surface area contributed by atoms with Crippen LogP contribution in [0.15, 0.2) is 28.6 Å². The normalized spacial score (nSPS) is 10.1. The Bertz CT molecular complexity index is 664. The maximum atomic E-state index is 10.5. The molecular weight excluding hydrogens is 352 g/mol. The van der Waals surface area contributed by atoms with Gasteiger partial charge in [0.25, 0.3) is 0 Å². The van der Waals surface area contributed by atoms with Gasteiger partial charge in [0, 0.05) is 10.7 Å². The summed E-state index contributed by atoms with van der Waals surface area (Å²) in [6.45, 7) is 0. The molecule has 0 aliphatic carbocycles. The Kier molecular flexibility index (Phi) is 5.74. The quantitative estimate of drug-likeness (QED) is 0.553. The molecular formula is C11H9ClN4O2S3. The minimum Gasteiger partial charge on any atom is -0.481 e. The summed E-state index contributed by atoms with van der Waals surface area (Å²) in [6.07, 6.45) is 0. The number of carboxylic acids is 1. The number of thioether (sulfide) groups is 1. The maximum absolute atomic E-state index is 10.5. The number of carbonyl (C=O) groups is 1. The number of carboxylic acid groups (broad SMARTS) is 1. The highest BCUT2D eigenvalue weighted by Crippen LogP contribution is 2.25. The van der Waals surface area contributed by atoms with E-state index >= 15 is 0 Å². The van der Waals surface area contributed by atoms with Crippen LogP contribution in [0.4, 0.5) is 10.8 Å². The standard InChI is InChI=1S/C11H9ClN4O2S3/c12-6-2-1-3-7(4-6)13-9(19)14-10-15-16-11(21-10)20-5-8(17)18/h1-4H,5H2,(H,17,18)(H2,13,14,15,19). The highest BCUT2D eigenvalue weighted by atomic mass is 35.5. The number of benzene rings is 1. The summed E-state index contributed by atoms with van der Waals surface area (Å²) in [7, 11) is 0. The summed E-state index contributed by atoms with van der Waals surface area (Å²) >= 11 is 13.4. The van der Waals surface area contributed by atoms with Crippen molar-refractivity contribution in [3.05, 3.63) is 29.3 Å². The van der Waals surface area contributed by atoms with Gasteiger partial charge >= 0.3 is 5.97 Å². The summed E-state index contributed by atoms with van der Waals surface area (Å²) in [5.41, 5.74) is 0.755. The van der Waals surface area contributed by atoms with Crippen molar-refractivity contribution in [3.8, 4) is 0 Å². The highest BCUT2D eigenvalue weighted by molar-refractivity contribution is 8.01. The Balaban J connectivity index is 1.89. The minimum atomic E-state index is -0.900. The lowest BCUT2D eigenvalue weighted by Crippen LogP contribution is -2.18. The number of anilines is 2. The first kappa shape index (κ1) is 16.0. The van der Waals surface area contributed by atoms with Gasteiger partial charge in [0.15, 0.2) is 9.45 Å². The molecule has 1 aromatic carbocycles. The number of aliphatic carboxylic acids is 1. The molecule has 0 fully saturated rings. The van der Waals surface area contributed by atoms with Crippen molar-refractivity contribution in [1.82, 2.24) is 10.2 Å². The lowest BCUT2D eigenvalue weighted by molar-refractivity contribution is -0.133. The fourth-order valence-corrected chi connectivity index (χ4v) is 3.21. The molecule has 1 heterocycles. The van der Waals surface area contributed by atoms with Gasteiger partial charge in [-0.1, -0.05) is 40.8 Å². The molecule has 2 aromatic rings. The maximum Gasteiger partial charge on any atom is 0.313 e. The molecule has 0 bridgehead atoms. The molecule has 110 valence electrons. The molecule has 2 rings (SSSR count). The zero-order valence-electron chi connectivity index (χ0n) is 10.4. The second kappa shape index (κ2) is 7.55. The third-order valence-corrected chi connectivity index (χ3v) is 4.42. The molecule has 0 spiro atoms. The molecule has 0 amide bonds. The van der Waals surface area contributed by atoms with Crippen molar-refractivity contribution in [3.63, 3.8) is 0 Å². The van der Waals surface area contributed by atoms with Crippen LogP contribution >= 0.6 is 46.9 Å². The molecule has 0 aliphatic rings. The SMILES string of the molecule is O=C(O)CSc1nnc(NC(=S)Nc2cccc(Cl)c2)s1. The van der Waals surface area contributed by atoms with Gasteiger partial charge in [0.2, 0.25) is 5.13 Å².